The van der Waals surface area contributed by atoms with Crippen LogP contribution in [0.2, 0.25) is 0 Å². The number of amides is 1. The Morgan fingerprint density at radius 1 is 0.875 bits per heavy atom. The van der Waals surface area contributed by atoms with Crippen molar-refractivity contribution in [2.45, 2.75) is 117 Å². The highest BCUT2D eigenvalue weighted by molar-refractivity contribution is 5.88. The number of unbranched alkanes of at least 4 members (excludes halogenated alkanes) is 9. The van der Waals surface area contributed by atoms with Gasteiger partial charge in [-0.3, -0.25) is 4.79 Å². The molecule has 0 spiro atoms. The maximum absolute atomic E-state index is 12.3. The molecule has 0 rings (SSSR count). The van der Waals surface area contributed by atoms with E-state index in [0.29, 0.717) is 19.3 Å². The van der Waals surface area contributed by atoms with Gasteiger partial charge in [0.25, 0.3) is 5.91 Å². The molecule has 0 aromatic heterocycles. The molecular weight excluding hydrogens is 406 g/mol. The van der Waals surface area contributed by atoms with E-state index in [0.717, 1.165) is 51.2 Å². The Morgan fingerprint density at radius 3 is 1.88 bits per heavy atom. The lowest BCUT2D eigenvalue weighted by atomic mass is 9.93. The van der Waals surface area contributed by atoms with Crippen LogP contribution in [0.3, 0.4) is 0 Å². The van der Waals surface area contributed by atoms with Crippen molar-refractivity contribution in [3.63, 3.8) is 0 Å². The van der Waals surface area contributed by atoms with Crippen molar-refractivity contribution in [2.75, 3.05) is 6.61 Å². The first-order chi connectivity index (χ1) is 15.5. The normalized spacial score (nSPS) is 12.7. The Hall–Kier alpha value is -1.69. The summed E-state index contributed by atoms with van der Waals surface area (Å²) in [6.07, 6.45) is 17.7. The van der Waals surface area contributed by atoms with Gasteiger partial charge in [0.15, 0.2) is 0 Å². The molecule has 6 nitrogen and oxygen atoms in total. The van der Waals surface area contributed by atoms with Crippen LogP contribution in [0, 0.1) is 11.8 Å². The van der Waals surface area contributed by atoms with Crippen LogP contribution in [-0.2, 0) is 19.2 Å². The molecule has 0 bridgehead atoms. The van der Waals surface area contributed by atoms with Crippen molar-refractivity contribution in [1.82, 2.24) is 5.48 Å². The maximum atomic E-state index is 12.3. The van der Waals surface area contributed by atoms with E-state index in [-0.39, 0.29) is 29.9 Å². The first-order valence-corrected chi connectivity index (χ1v) is 12.7. The molecule has 6 heteroatoms. The summed E-state index contributed by atoms with van der Waals surface area (Å²) in [4.78, 5) is 39.8. The lowest BCUT2D eigenvalue weighted by Gasteiger charge is -2.16. The Bertz CT molecular complexity index is 520. The standard InChI is InChI=1S/C26H47NO5/c1-4-5-6-7-8-9-12-16-23(21-29)17-13-10-11-14-18-24(19-15-20-28)25(30)27-32-26(31)22(2)3/h21,23-24,28H,2,4-20H2,1,3H3,(H,27,30). The molecule has 1 amide bonds. The van der Waals surface area contributed by atoms with E-state index in [1.165, 1.54) is 45.4 Å². The lowest BCUT2D eigenvalue weighted by molar-refractivity contribution is -0.156. The summed E-state index contributed by atoms with van der Waals surface area (Å²) in [6, 6.07) is 0. The van der Waals surface area contributed by atoms with Gasteiger partial charge in [0.2, 0.25) is 0 Å². The second kappa shape index (κ2) is 21.2. The van der Waals surface area contributed by atoms with Gasteiger partial charge in [0.05, 0.1) is 0 Å². The number of aliphatic hydroxyl groups is 1. The van der Waals surface area contributed by atoms with Gasteiger partial charge < -0.3 is 14.7 Å². The summed E-state index contributed by atoms with van der Waals surface area (Å²) in [5.74, 6) is -1.10. The van der Waals surface area contributed by atoms with E-state index < -0.39 is 5.97 Å². The number of aldehydes is 1. The Labute approximate surface area is 195 Å². The number of nitrogens with one attached hydrogen (secondary N) is 1. The number of hydroxylamine groups is 1. The van der Waals surface area contributed by atoms with Crippen molar-refractivity contribution >= 4 is 18.2 Å². The zero-order chi connectivity index (χ0) is 24.0. The largest absolute Gasteiger partial charge is 0.396 e. The third-order valence-electron chi connectivity index (χ3n) is 5.92. The highest BCUT2D eigenvalue weighted by Gasteiger charge is 2.19. The van der Waals surface area contributed by atoms with Crippen LogP contribution in [0.1, 0.15) is 117 Å². The van der Waals surface area contributed by atoms with E-state index >= 15 is 0 Å². The molecule has 0 aliphatic carbocycles. The van der Waals surface area contributed by atoms with Crippen LogP contribution in [0.4, 0.5) is 0 Å². The van der Waals surface area contributed by atoms with Crippen LogP contribution in [0.5, 0.6) is 0 Å². The zero-order valence-corrected chi connectivity index (χ0v) is 20.5. The van der Waals surface area contributed by atoms with E-state index in [1.54, 1.807) is 0 Å². The van der Waals surface area contributed by atoms with Crippen LogP contribution >= 0.6 is 0 Å². The Balaban J connectivity index is 4.00. The first kappa shape index (κ1) is 30.3. The third-order valence-corrected chi connectivity index (χ3v) is 5.92. The number of rotatable bonds is 21. The Morgan fingerprint density at radius 2 is 1.38 bits per heavy atom. The number of aliphatic hydroxyl groups excluding tert-OH is 1. The molecule has 0 fully saturated rings. The van der Waals surface area contributed by atoms with Crippen molar-refractivity contribution < 1.29 is 24.3 Å². The summed E-state index contributed by atoms with van der Waals surface area (Å²) in [5.41, 5.74) is 2.44. The second-order valence-electron chi connectivity index (χ2n) is 9.00. The quantitative estimate of drug-likeness (QED) is 0.0988. The van der Waals surface area contributed by atoms with Gasteiger partial charge in [-0.15, -0.1) is 0 Å². The topological polar surface area (TPSA) is 92.7 Å². The summed E-state index contributed by atoms with van der Waals surface area (Å²) < 4.78 is 0. The second-order valence-corrected chi connectivity index (χ2v) is 9.00. The molecular formula is C26H47NO5. The molecule has 186 valence electrons. The van der Waals surface area contributed by atoms with Gasteiger partial charge in [-0.1, -0.05) is 84.1 Å². The number of carbonyl (C=O) groups is 3. The van der Waals surface area contributed by atoms with Crippen molar-refractivity contribution in [2.24, 2.45) is 11.8 Å². The molecule has 0 aromatic carbocycles. The van der Waals surface area contributed by atoms with Crippen LogP contribution < -0.4 is 5.48 Å². The molecule has 0 aromatic rings. The summed E-state index contributed by atoms with van der Waals surface area (Å²) >= 11 is 0. The molecule has 0 saturated heterocycles. The number of hydrogen-bond donors (Lipinski definition) is 2. The lowest BCUT2D eigenvalue weighted by Crippen LogP contribution is -2.33. The van der Waals surface area contributed by atoms with Gasteiger partial charge in [0.1, 0.15) is 6.29 Å². The smallest absolute Gasteiger partial charge is 0.358 e. The van der Waals surface area contributed by atoms with Gasteiger partial charge in [-0.2, -0.15) is 5.48 Å². The van der Waals surface area contributed by atoms with E-state index in [2.05, 4.69) is 19.0 Å². The average molecular weight is 454 g/mol. The predicted octanol–water partition coefficient (Wildman–Crippen LogP) is 5.82. The molecule has 32 heavy (non-hydrogen) atoms. The predicted molar refractivity (Wildman–Crippen MR) is 129 cm³/mol. The fourth-order valence-electron chi connectivity index (χ4n) is 3.81. The van der Waals surface area contributed by atoms with Crippen molar-refractivity contribution in [1.29, 1.82) is 0 Å². The van der Waals surface area contributed by atoms with Crippen LogP contribution in [-0.4, -0.2) is 29.9 Å². The molecule has 0 aliphatic rings. The zero-order valence-electron chi connectivity index (χ0n) is 20.5. The SMILES string of the molecule is C=C(C)C(=O)ONC(=O)C(CCCO)CCCCCCC(C=O)CCCCCCCCC. The molecule has 0 saturated carbocycles. The van der Waals surface area contributed by atoms with Gasteiger partial charge in [-0.05, 0) is 39.0 Å². The first-order valence-electron chi connectivity index (χ1n) is 12.7. The minimum absolute atomic E-state index is 0.0289. The summed E-state index contributed by atoms with van der Waals surface area (Å²) in [6.45, 7) is 7.25. The molecule has 0 heterocycles. The van der Waals surface area contributed by atoms with E-state index in [4.69, 9.17) is 9.94 Å². The third kappa shape index (κ3) is 16.9. The van der Waals surface area contributed by atoms with Crippen LogP contribution in [0.15, 0.2) is 12.2 Å². The molecule has 0 aliphatic heterocycles. The summed E-state index contributed by atoms with van der Waals surface area (Å²) in [5, 5.41) is 9.07. The van der Waals surface area contributed by atoms with E-state index in [9.17, 15) is 14.4 Å². The fraction of sp³-hybridized carbons (Fsp3) is 0.808. The molecule has 0 radical (unpaired) electrons. The van der Waals surface area contributed by atoms with E-state index in [1.807, 2.05) is 0 Å². The van der Waals surface area contributed by atoms with Crippen molar-refractivity contribution in [3.05, 3.63) is 12.2 Å². The van der Waals surface area contributed by atoms with Gasteiger partial charge >= 0.3 is 5.97 Å². The number of hydrogen-bond acceptors (Lipinski definition) is 5. The molecule has 2 atom stereocenters. The molecule has 2 unspecified atom stereocenters. The highest BCUT2D eigenvalue weighted by Crippen LogP contribution is 2.20. The molecule has 2 N–H and O–H groups in total. The minimum atomic E-state index is -0.652. The maximum Gasteiger partial charge on any atom is 0.358 e. The minimum Gasteiger partial charge on any atom is -0.396 e. The van der Waals surface area contributed by atoms with Gasteiger partial charge in [0, 0.05) is 24.0 Å². The fourth-order valence-corrected chi connectivity index (χ4v) is 3.81. The Kier molecular flexibility index (Phi) is 20.1. The monoisotopic (exact) mass is 453 g/mol. The van der Waals surface area contributed by atoms with Gasteiger partial charge in [-0.25, -0.2) is 4.79 Å². The summed E-state index contributed by atoms with van der Waals surface area (Å²) in [7, 11) is 0. The average Bonchev–Trinajstić information content (AvgIpc) is 2.79. The number of carbonyl (C=O) groups excluding carboxylic acids is 3. The van der Waals surface area contributed by atoms with Crippen LogP contribution in [0.25, 0.3) is 0 Å². The van der Waals surface area contributed by atoms with Crippen molar-refractivity contribution in [3.8, 4) is 0 Å². The highest BCUT2D eigenvalue weighted by atomic mass is 16.7.